The summed E-state index contributed by atoms with van der Waals surface area (Å²) >= 11 is 11.5. The first-order chi connectivity index (χ1) is 14.6. The van der Waals surface area contributed by atoms with E-state index in [1.165, 1.54) is 12.1 Å². The molecular formula is C20H11Cl2F3N2O4. The standard InChI is InChI=1S/C20H11Cl2F3N2O4/c21-13-7-4-11(5-8-13)14-2-1-3-15(18(14)31-22)19(28)26-16-9-6-12(20(23,24)25)10-17(16)27(29)30/h1-10H,(H,26,28). The average Bonchev–Trinajstić information content (AvgIpc) is 2.73. The van der Waals surface area contributed by atoms with Crippen LogP contribution in [0.2, 0.25) is 5.02 Å². The van der Waals surface area contributed by atoms with E-state index in [1.807, 2.05) is 0 Å². The Labute approximate surface area is 183 Å². The number of nitro groups is 1. The van der Waals surface area contributed by atoms with E-state index >= 15 is 0 Å². The first kappa shape index (κ1) is 22.4. The summed E-state index contributed by atoms with van der Waals surface area (Å²) in [5, 5.41) is 14.0. The highest BCUT2D eigenvalue weighted by Gasteiger charge is 2.33. The van der Waals surface area contributed by atoms with E-state index in [2.05, 4.69) is 5.32 Å². The van der Waals surface area contributed by atoms with Gasteiger partial charge in [0.2, 0.25) is 0 Å². The predicted octanol–water partition coefficient (Wildman–Crippen LogP) is 6.72. The number of para-hydroxylation sites is 1. The molecule has 0 fully saturated rings. The summed E-state index contributed by atoms with van der Waals surface area (Å²) in [6.45, 7) is 0. The summed E-state index contributed by atoms with van der Waals surface area (Å²) in [5.74, 6) is -0.909. The van der Waals surface area contributed by atoms with Crippen molar-refractivity contribution in [2.45, 2.75) is 6.18 Å². The Kier molecular flexibility index (Phi) is 6.37. The molecule has 3 aromatic rings. The Morgan fingerprint density at radius 2 is 1.74 bits per heavy atom. The number of benzene rings is 3. The van der Waals surface area contributed by atoms with Crippen LogP contribution in [0.25, 0.3) is 11.1 Å². The van der Waals surface area contributed by atoms with Crippen LogP contribution in [0.3, 0.4) is 0 Å². The molecule has 0 aliphatic rings. The smallest absolute Gasteiger partial charge is 0.384 e. The second-order valence-electron chi connectivity index (χ2n) is 6.21. The van der Waals surface area contributed by atoms with Crippen LogP contribution in [-0.4, -0.2) is 10.8 Å². The van der Waals surface area contributed by atoms with Crippen molar-refractivity contribution < 1.29 is 27.2 Å². The number of nitrogens with zero attached hydrogens (tertiary/aromatic N) is 1. The van der Waals surface area contributed by atoms with E-state index in [9.17, 15) is 28.1 Å². The molecule has 0 atom stereocenters. The molecule has 0 heterocycles. The molecule has 0 bridgehead atoms. The largest absolute Gasteiger partial charge is 0.416 e. The molecule has 0 aliphatic heterocycles. The van der Waals surface area contributed by atoms with Crippen LogP contribution in [0.1, 0.15) is 15.9 Å². The van der Waals surface area contributed by atoms with Crippen LogP contribution >= 0.6 is 23.5 Å². The lowest BCUT2D eigenvalue weighted by atomic mass is 10.0. The number of nitrogens with one attached hydrogen (secondary N) is 1. The highest BCUT2D eigenvalue weighted by molar-refractivity contribution is 6.30. The van der Waals surface area contributed by atoms with Gasteiger partial charge in [0, 0.05) is 16.7 Å². The second kappa shape index (κ2) is 8.83. The number of carbonyl (C=O) groups excluding carboxylic acids is 1. The van der Waals surface area contributed by atoms with Crippen LogP contribution < -0.4 is 9.61 Å². The molecule has 0 saturated carbocycles. The molecule has 31 heavy (non-hydrogen) atoms. The Bertz CT molecular complexity index is 1150. The average molecular weight is 471 g/mol. The van der Waals surface area contributed by atoms with E-state index < -0.39 is 33.9 Å². The van der Waals surface area contributed by atoms with Gasteiger partial charge in [-0.25, -0.2) is 0 Å². The fraction of sp³-hybridized carbons (Fsp3) is 0.0500. The molecule has 11 heteroatoms. The third kappa shape index (κ3) is 4.89. The molecule has 1 N–H and O–H groups in total. The van der Waals surface area contributed by atoms with E-state index in [4.69, 9.17) is 27.8 Å². The van der Waals surface area contributed by atoms with Crippen molar-refractivity contribution in [2.75, 3.05) is 5.32 Å². The van der Waals surface area contributed by atoms with Gasteiger partial charge in [0.05, 0.1) is 16.1 Å². The maximum absolute atomic E-state index is 12.9. The third-order valence-electron chi connectivity index (χ3n) is 4.26. The Balaban J connectivity index is 2.00. The molecular weight excluding hydrogens is 460 g/mol. The van der Waals surface area contributed by atoms with Gasteiger partial charge in [0.25, 0.3) is 11.6 Å². The fourth-order valence-corrected chi connectivity index (χ4v) is 3.10. The number of alkyl halides is 3. The summed E-state index contributed by atoms with van der Waals surface area (Å²) < 4.78 is 43.5. The van der Waals surface area contributed by atoms with E-state index in [0.717, 1.165) is 6.07 Å². The molecule has 6 nitrogen and oxygen atoms in total. The van der Waals surface area contributed by atoms with Gasteiger partial charge in [-0.05, 0) is 35.9 Å². The molecule has 0 spiro atoms. The van der Waals surface area contributed by atoms with Crippen molar-refractivity contribution in [2.24, 2.45) is 0 Å². The number of anilines is 1. The van der Waals surface area contributed by atoms with Gasteiger partial charge in [-0.1, -0.05) is 35.9 Å². The number of hydrogen-bond donors (Lipinski definition) is 1. The highest BCUT2D eigenvalue weighted by Crippen LogP contribution is 2.37. The third-order valence-corrected chi connectivity index (χ3v) is 4.67. The SMILES string of the molecule is O=C(Nc1ccc(C(F)(F)F)cc1[N+](=O)[O-])c1cccc(-c2ccc(Cl)cc2)c1OCl. The molecule has 3 aromatic carbocycles. The van der Waals surface area contributed by atoms with Crippen LogP contribution in [0.4, 0.5) is 24.5 Å². The minimum atomic E-state index is -4.78. The van der Waals surface area contributed by atoms with E-state index in [-0.39, 0.29) is 11.3 Å². The molecule has 1 amide bonds. The maximum atomic E-state index is 12.9. The summed E-state index contributed by atoms with van der Waals surface area (Å²) in [6, 6.07) is 12.9. The zero-order chi connectivity index (χ0) is 22.8. The van der Waals surface area contributed by atoms with Gasteiger partial charge in [-0.3, -0.25) is 14.9 Å². The molecule has 160 valence electrons. The lowest BCUT2D eigenvalue weighted by molar-refractivity contribution is -0.384. The second-order valence-corrected chi connectivity index (χ2v) is 6.80. The fourth-order valence-electron chi connectivity index (χ4n) is 2.81. The van der Waals surface area contributed by atoms with Gasteiger partial charge in [-0.2, -0.15) is 13.2 Å². The summed E-state index contributed by atoms with van der Waals surface area (Å²) in [5.41, 5.74) is -1.58. The number of nitro benzene ring substituents is 1. The summed E-state index contributed by atoms with van der Waals surface area (Å²) in [4.78, 5) is 23.0. The van der Waals surface area contributed by atoms with Gasteiger partial charge in [0.15, 0.2) is 5.75 Å². The first-order valence-electron chi connectivity index (χ1n) is 8.46. The first-order valence-corrected chi connectivity index (χ1v) is 9.15. The quantitative estimate of drug-likeness (QED) is 0.331. The Morgan fingerprint density at radius 3 is 2.32 bits per heavy atom. The predicted molar refractivity (Wildman–Crippen MR) is 109 cm³/mol. The summed E-state index contributed by atoms with van der Waals surface area (Å²) in [7, 11) is 0. The topological polar surface area (TPSA) is 81.5 Å². The van der Waals surface area contributed by atoms with Crippen LogP contribution in [0.5, 0.6) is 5.75 Å². The van der Waals surface area contributed by atoms with Crippen molar-refractivity contribution in [1.29, 1.82) is 0 Å². The minimum absolute atomic E-state index is 0.0430. The molecule has 0 aliphatic carbocycles. The van der Waals surface area contributed by atoms with Gasteiger partial charge in [-0.15, -0.1) is 0 Å². The maximum Gasteiger partial charge on any atom is 0.416 e. The molecule has 0 radical (unpaired) electrons. The number of carbonyl (C=O) groups is 1. The van der Waals surface area contributed by atoms with Gasteiger partial charge in [0.1, 0.15) is 17.6 Å². The zero-order valence-electron chi connectivity index (χ0n) is 15.2. The van der Waals surface area contributed by atoms with Gasteiger partial charge < -0.3 is 9.61 Å². The lowest BCUT2D eigenvalue weighted by Crippen LogP contribution is -2.15. The van der Waals surface area contributed by atoms with Crippen LogP contribution in [-0.2, 0) is 6.18 Å². The van der Waals surface area contributed by atoms with Crippen molar-refractivity contribution in [3.05, 3.63) is 86.9 Å². The molecule has 0 aromatic heterocycles. The number of hydrogen-bond acceptors (Lipinski definition) is 4. The lowest BCUT2D eigenvalue weighted by Gasteiger charge is -2.13. The number of rotatable bonds is 5. The molecule has 3 rings (SSSR count). The molecule has 0 saturated heterocycles. The number of halogens is 5. The van der Waals surface area contributed by atoms with E-state index in [1.54, 1.807) is 30.3 Å². The van der Waals surface area contributed by atoms with E-state index in [0.29, 0.717) is 28.3 Å². The number of amides is 1. The normalized spacial score (nSPS) is 11.1. The molecule has 0 unspecified atom stereocenters. The van der Waals surface area contributed by atoms with Crippen molar-refractivity contribution in [3.8, 4) is 16.9 Å². The van der Waals surface area contributed by atoms with Crippen molar-refractivity contribution in [1.82, 2.24) is 0 Å². The Morgan fingerprint density at radius 1 is 1.06 bits per heavy atom. The van der Waals surface area contributed by atoms with Crippen LogP contribution in [0, 0.1) is 10.1 Å². The monoisotopic (exact) mass is 470 g/mol. The van der Waals surface area contributed by atoms with Crippen molar-refractivity contribution >= 4 is 40.7 Å². The zero-order valence-corrected chi connectivity index (χ0v) is 16.8. The van der Waals surface area contributed by atoms with Gasteiger partial charge >= 0.3 is 6.18 Å². The highest BCUT2D eigenvalue weighted by atomic mass is 35.5. The van der Waals surface area contributed by atoms with Crippen LogP contribution in [0.15, 0.2) is 60.7 Å². The van der Waals surface area contributed by atoms with Crippen molar-refractivity contribution in [3.63, 3.8) is 0 Å². The summed E-state index contributed by atoms with van der Waals surface area (Å²) in [6.07, 6.45) is -4.78. The minimum Gasteiger partial charge on any atom is -0.384 e. The Hall–Kier alpha value is -3.30.